The molecule has 50 heavy (non-hydrogen) atoms. The molecule has 236 valence electrons. The fourth-order valence-electron chi connectivity index (χ4n) is 6.82. The molecule has 0 aliphatic rings. The van der Waals surface area contributed by atoms with Crippen LogP contribution in [0.2, 0.25) is 0 Å². The molecule has 0 radical (unpaired) electrons. The van der Waals surface area contributed by atoms with Gasteiger partial charge in [-0.15, -0.1) is 0 Å². The minimum absolute atomic E-state index is 0.813. The third-order valence-electron chi connectivity index (χ3n) is 9.36. The average molecular weight is 641 g/mol. The highest BCUT2D eigenvalue weighted by Gasteiger charge is 2.16. The Bertz CT molecular complexity index is 2470. The Kier molecular flexibility index (Phi) is 7.49. The van der Waals surface area contributed by atoms with E-state index in [0.29, 0.717) is 0 Å². The quantitative estimate of drug-likeness (QED) is 0.174. The summed E-state index contributed by atoms with van der Waals surface area (Å²) >= 11 is 0. The van der Waals surface area contributed by atoms with Crippen molar-refractivity contribution in [2.24, 2.45) is 0 Å². The number of para-hydroxylation sites is 1. The van der Waals surface area contributed by atoms with Crippen molar-refractivity contribution in [1.82, 2.24) is 4.98 Å². The molecule has 3 nitrogen and oxygen atoms in total. The van der Waals surface area contributed by atoms with Gasteiger partial charge in [-0.25, -0.2) is 0 Å². The molecule has 0 unspecified atom stereocenters. The minimum Gasteiger partial charge on any atom is -0.454 e. The molecule has 9 rings (SSSR count). The lowest BCUT2D eigenvalue weighted by Crippen LogP contribution is -2.09. The van der Waals surface area contributed by atoms with Gasteiger partial charge in [-0.2, -0.15) is 0 Å². The van der Waals surface area contributed by atoms with Crippen molar-refractivity contribution < 1.29 is 4.42 Å². The molecule has 0 bridgehead atoms. The zero-order chi connectivity index (χ0) is 33.3. The van der Waals surface area contributed by atoms with Crippen LogP contribution in [0.15, 0.2) is 199 Å². The number of benzene rings is 7. The number of rotatable bonds is 7. The van der Waals surface area contributed by atoms with Gasteiger partial charge in [0.1, 0.15) is 11.1 Å². The van der Waals surface area contributed by atoms with E-state index in [4.69, 9.17) is 4.42 Å². The number of nitrogens with zero attached hydrogens (tertiary/aromatic N) is 2. The Labute approximate surface area is 291 Å². The molecule has 2 aromatic heterocycles. The van der Waals surface area contributed by atoms with Crippen LogP contribution in [0.3, 0.4) is 0 Å². The predicted molar refractivity (Wildman–Crippen MR) is 208 cm³/mol. The number of furan rings is 1. The van der Waals surface area contributed by atoms with Gasteiger partial charge in [0, 0.05) is 34.2 Å². The number of hydrogen-bond acceptors (Lipinski definition) is 3. The first-order valence-electron chi connectivity index (χ1n) is 16.9. The summed E-state index contributed by atoms with van der Waals surface area (Å²) in [6.45, 7) is 0. The van der Waals surface area contributed by atoms with Crippen LogP contribution in [0.1, 0.15) is 0 Å². The van der Waals surface area contributed by atoms with E-state index in [-0.39, 0.29) is 0 Å². The maximum atomic E-state index is 6.31. The van der Waals surface area contributed by atoms with Gasteiger partial charge >= 0.3 is 0 Å². The van der Waals surface area contributed by atoms with E-state index in [2.05, 4.69) is 174 Å². The highest BCUT2D eigenvalue weighted by Crippen LogP contribution is 2.39. The molecule has 0 N–H and O–H groups in total. The largest absolute Gasteiger partial charge is 0.454 e. The Balaban J connectivity index is 1.07. The summed E-state index contributed by atoms with van der Waals surface area (Å²) < 4.78 is 6.31. The van der Waals surface area contributed by atoms with Gasteiger partial charge in [0.05, 0.1) is 0 Å². The van der Waals surface area contributed by atoms with Crippen molar-refractivity contribution in [2.45, 2.75) is 0 Å². The van der Waals surface area contributed by atoms with Crippen LogP contribution in [0.5, 0.6) is 0 Å². The molecule has 0 aliphatic carbocycles. The Morgan fingerprint density at radius 3 is 1.42 bits per heavy atom. The SMILES string of the molecule is c1ccc(-c2ccc(N(c3ccc(-c4ccccc4)cc3)c3ccc(-c4cccc(-c5ccnc6c5oc5ccccc56)c4)cc3)cc2)cc1. The first kappa shape index (κ1) is 29.4. The zero-order valence-corrected chi connectivity index (χ0v) is 27.3. The number of hydrogen-bond donors (Lipinski definition) is 0. The normalized spacial score (nSPS) is 11.2. The van der Waals surface area contributed by atoms with E-state index in [9.17, 15) is 0 Å². The predicted octanol–water partition coefficient (Wildman–Crippen LogP) is 13.1. The first-order chi connectivity index (χ1) is 24.8. The molecule has 0 fully saturated rings. The van der Waals surface area contributed by atoms with Gasteiger partial charge in [-0.3, -0.25) is 4.98 Å². The molecule has 2 heterocycles. The molecule has 3 heteroatoms. The van der Waals surface area contributed by atoms with Gasteiger partial charge in [-0.05, 0) is 99.6 Å². The smallest absolute Gasteiger partial charge is 0.161 e. The Morgan fingerprint density at radius 2 is 0.840 bits per heavy atom. The molecule has 0 saturated heterocycles. The van der Waals surface area contributed by atoms with Crippen LogP contribution in [0, 0.1) is 0 Å². The van der Waals surface area contributed by atoms with Crippen LogP contribution in [0.4, 0.5) is 17.1 Å². The number of aromatic nitrogens is 1. The molecule has 0 atom stereocenters. The molecule has 7 aromatic carbocycles. The number of anilines is 3. The maximum absolute atomic E-state index is 6.31. The van der Waals surface area contributed by atoms with E-state index < -0.39 is 0 Å². The minimum atomic E-state index is 0.813. The van der Waals surface area contributed by atoms with Crippen molar-refractivity contribution >= 4 is 39.1 Å². The molecule has 9 aromatic rings. The third-order valence-corrected chi connectivity index (χ3v) is 9.36. The summed E-state index contributed by atoms with van der Waals surface area (Å²) in [5, 5.41) is 1.03. The van der Waals surface area contributed by atoms with Gasteiger partial charge in [-0.1, -0.05) is 127 Å². The molecule has 0 amide bonds. The second-order valence-electron chi connectivity index (χ2n) is 12.4. The fourth-order valence-corrected chi connectivity index (χ4v) is 6.82. The van der Waals surface area contributed by atoms with E-state index in [1.165, 1.54) is 22.3 Å². The molecule has 0 spiro atoms. The van der Waals surface area contributed by atoms with Crippen molar-refractivity contribution in [3.63, 3.8) is 0 Å². The standard InChI is InChI=1S/C47H32N2O/c1-3-10-33(11-4-1)35-18-24-40(25-19-35)49(41-26-20-36(21-27-41)34-12-5-2-6-13-34)42-28-22-37(23-29-42)38-14-9-15-39(32-38)43-30-31-48-46-44-16-7-8-17-45(44)50-47(43)46/h1-32H. The summed E-state index contributed by atoms with van der Waals surface area (Å²) in [6.07, 6.45) is 1.87. The first-order valence-corrected chi connectivity index (χ1v) is 16.9. The van der Waals surface area contributed by atoms with Crippen molar-refractivity contribution in [2.75, 3.05) is 4.90 Å². The summed E-state index contributed by atoms with van der Waals surface area (Å²) in [6, 6.07) is 66.3. The second-order valence-corrected chi connectivity index (χ2v) is 12.4. The summed E-state index contributed by atoms with van der Waals surface area (Å²) in [7, 11) is 0. The van der Waals surface area contributed by atoms with Crippen molar-refractivity contribution in [3.05, 3.63) is 194 Å². The number of pyridine rings is 1. The average Bonchev–Trinajstić information content (AvgIpc) is 3.59. The Morgan fingerprint density at radius 1 is 0.380 bits per heavy atom. The third kappa shape index (κ3) is 5.51. The zero-order valence-electron chi connectivity index (χ0n) is 27.3. The van der Waals surface area contributed by atoms with Gasteiger partial charge < -0.3 is 9.32 Å². The van der Waals surface area contributed by atoms with Crippen LogP contribution in [-0.4, -0.2) is 4.98 Å². The van der Waals surface area contributed by atoms with Crippen LogP contribution < -0.4 is 4.90 Å². The maximum Gasteiger partial charge on any atom is 0.161 e. The second kappa shape index (κ2) is 12.7. The van der Waals surface area contributed by atoms with E-state index >= 15 is 0 Å². The lowest BCUT2D eigenvalue weighted by atomic mass is 9.98. The highest BCUT2D eigenvalue weighted by molar-refractivity contribution is 6.07. The fraction of sp³-hybridized carbons (Fsp3) is 0. The summed E-state index contributed by atoms with van der Waals surface area (Å²) in [5.41, 5.74) is 15.0. The van der Waals surface area contributed by atoms with E-state index in [0.717, 1.165) is 61.4 Å². The topological polar surface area (TPSA) is 29.3 Å². The highest BCUT2D eigenvalue weighted by atomic mass is 16.3. The van der Waals surface area contributed by atoms with Gasteiger partial charge in [0.2, 0.25) is 0 Å². The van der Waals surface area contributed by atoms with Crippen molar-refractivity contribution in [1.29, 1.82) is 0 Å². The molecular weight excluding hydrogens is 609 g/mol. The van der Waals surface area contributed by atoms with Gasteiger partial charge in [0.15, 0.2) is 5.58 Å². The lowest BCUT2D eigenvalue weighted by molar-refractivity contribution is 0.669. The van der Waals surface area contributed by atoms with E-state index in [1.54, 1.807) is 0 Å². The van der Waals surface area contributed by atoms with Crippen LogP contribution >= 0.6 is 0 Å². The van der Waals surface area contributed by atoms with Crippen LogP contribution in [0.25, 0.3) is 66.6 Å². The Hall–Kier alpha value is -6.71. The van der Waals surface area contributed by atoms with Crippen LogP contribution in [-0.2, 0) is 0 Å². The molecular formula is C47H32N2O. The van der Waals surface area contributed by atoms with Gasteiger partial charge in [0.25, 0.3) is 0 Å². The lowest BCUT2D eigenvalue weighted by Gasteiger charge is -2.26. The monoisotopic (exact) mass is 640 g/mol. The summed E-state index contributed by atoms with van der Waals surface area (Å²) in [4.78, 5) is 6.97. The molecule has 0 aliphatic heterocycles. The number of fused-ring (bicyclic) bond motifs is 3. The van der Waals surface area contributed by atoms with E-state index in [1.807, 2.05) is 30.5 Å². The molecule has 0 saturated carbocycles. The summed E-state index contributed by atoms with van der Waals surface area (Å²) in [5.74, 6) is 0. The van der Waals surface area contributed by atoms with Crippen molar-refractivity contribution in [3.8, 4) is 44.5 Å².